The number of ketones is 2. The molecule has 2 aromatic rings. The Hall–Kier alpha value is -3.73. The van der Waals surface area contributed by atoms with Gasteiger partial charge >= 0.3 is 0 Å². The van der Waals surface area contributed by atoms with Crippen LogP contribution in [0.4, 0.5) is 0 Å². The Kier molecular flexibility index (Phi) is 7.72. The number of carbonyl (C=O) groups is 3. The van der Waals surface area contributed by atoms with E-state index < -0.39 is 63.9 Å². The molecule has 0 bridgehead atoms. The predicted molar refractivity (Wildman–Crippen MR) is 161 cm³/mol. The number of hydrogen-bond acceptors (Lipinski definition) is 9. The number of carbonyl (C=O) groups excluding carboxylic acids is 3. The maximum atomic E-state index is 14.2. The van der Waals surface area contributed by atoms with E-state index in [0.29, 0.717) is 23.3 Å². The van der Waals surface area contributed by atoms with E-state index in [4.69, 9.17) is 10.5 Å². The van der Waals surface area contributed by atoms with Gasteiger partial charge in [0.25, 0.3) is 0 Å². The summed E-state index contributed by atoms with van der Waals surface area (Å²) in [6.07, 6.45) is 1.13. The molecule has 0 heterocycles. The Balaban J connectivity index is 1.59. The summed E-state index contributed by atoms with van der Waals surface area (Å²) in [7, 11) is 1.47. The molecule has 1 amide bonds. The van der Waals surface area contributed by atoms with E-state index in [2.05, 4.69) is 0 Å². The zero-order chi connectivity index (χ0) is 32.5. The van der Waals surface area contributed by atoms with E-state index in [-0.39, 0.29) is 35.8 Å². The van der Waals surface area contributed by atoms with Gasteiger partial charge in [-0.2, -0.15) is 0 Å². The molecule has 0 aromatic heterocycles. The van der Waals surface area contributed by atoms with Gasteiger partial charge in [-0.3, -0.25) is 14.4 Å². The molecular weight excluding hydrogens is 566 g/mol. The van der Waals surface area contributed by atoms with Crippen LogP contribution < -0.4 is 10.5 Å². The lowest BCUT2D eigenvalue weighted by atomic mass is 9.39. The van der Waals surface area contributed by atoms with E-state index >= 15 is 0 Å². The molecule has 0 aliphatic heterocycles. The third-order valence-corrected chi connectivity index (χ3v) is 10.6. The van der Waals surface area contributed by atoms with Gasteiger partial charge in [-0.25, -0.2) is 0 Å². The highest BCUT2D eigenvalue weighted by Gasteiger charge is 2.75. The summed E-state index contributed by atoms with van der Waals surface area (Å²) in [5.41, 5.74) is 2.73. The Morgan fingerprint density at radius 2 is 1.77 bits per heavy atom. The lowest BCUT2D eigenvalue weighted by Crippen LogP contribution is -2.79. The number of phenolic OH excluding ortho intramolecular Hbond substituents is 2. The van der Waals surface area contributed by atoms with Gasteiger partial charge in [0.1, 0.15) is 17.8 Å². The number of methoxy groups -OCH3 is 1. The van der Waals surface area contributed by atoms with Crippen molar-refractivity contribution in [3.63, 3.8) is 0 Å². The minimum Gasteiger partial charge on any atom is -0.507 e. The fourth-order valence-electron chi connectivity index (χ4n) is 8.88. The van der Waals surface area contributed by atoms with Crippen LogP contribution in [0.15, 0.2) is 36.4 Å². The normalized spacial score (nSPS) is 34.9. The topological polar surface area (TPSA) is 188 Å². The highest BCUT2D eigenvalue weighted by Crippen LogP contribution is 2.65. The molecular formula is C34H41NO9. The van der Waals surface area contributed by atoms with E-state index in [1.165, 1.54) is 13.2 Å². The van der Waals surface area contributed by atoms with Crippen molar-refractivity contribution in [2.45, 2.75) is 64.8 Å². The fraction of sp³-hybridized carbons (Fsp3) is 0.500. The van der Waals surface area contributed by atoms with Crippen molar-refractivity contribution in [2.75, 3.05) is 7.11 Å². The quantitative estimate of drug-likeness (QED) is 0.268. The summed E-state index contributed by atoms with van der Waals surface area (Å²) in [5, 5.41) is 56.2. The summed E-state index contributed by atoms with van der Waals surface area (Å²) in [4.78, 5) is 40.4. The number of benzene rings is 2. The van der Waals surface area contributed by atoms with E-state index in [1.54, 1.807) is 45.0 Å². The third-order valence-electron chi connectivity index (χ3n) is 10.6. The van der Waals surface area contributed by atoms with Crippen molar-refractivity contribution in [3.05, 3.63) is 58.7 Å². The summed E-state index contributed by atoms with van der Waals surface area (Å²) in [6, 6.07) is 8.14. The van der Waals surface area contributed by atoms with Crippen molar-refractivity contribution in [1.82, 2.24) is 0 Å². The standard InChI is InChI=1S/C34H41NO9/c1-16(2)25-28(39)24(31(35)42)29(40)34(43)30(41)26-27(38)23-19(14-32(26,3)15-33(25,34)4)18(10-12-21(23)37)8-6-7-17-9-11-20(36)22(13-17)44-5/h6,8-13,16,24-26,28,30,36-37,39,41,43H,7,14-15H2,1-5H3,(H2,35,42)/b8-6-/t24-,25+,26-,28?,30?,32-,33-,34+/m1/s1. The number of Topliss-reactive ketones (excluding diaryl/α,β-unsaturated/α-hetero) is 2. The SMILES string of the molecule is COc1cc(C/C=C\c2ccc(O)c3c2C[C@]2(C)C[C@]4(C)[C@@H](C(C)C)C(O)[C@@H](C(N)=O)C(=O)[C@]4(O)C(O)[C@H]2C3=O)ccc1O. The Labute approximate surface area is 256 Å². The number of primary amides is 1. The molecule has 8 atom stereocenters. The monoisotopic (exact) mass is 607 g/mol. The van der Waals surface area contributed by atoms with Crippen LogP contribution in [0.25, 0.3) is 6.08 Å². The van der Waals surface area contributed by atoms with Gasteiger partial charge in [-0.1, -0.05) is 52.0 Å². The predicted octanol–water partition coefficient (Wildman–Crippen LogP) is 2.54. The van der Waals surface area contributed by atoms with Gasteiger partial charge in [-0.15, -0.1) is 0 Å². The average Bonchev–Trinajstić information content (AvgIpc) is 2.92. The van der Waals surface area contributed by atoms with Gasteiger partial charge in [0.15, 0.2) is 28.7 Å². The maximum absolute atomic E-state index is 14.2. The van der Waals surface area contributed by atoms with Crippen molar-refractivity contribution >= 4 is 23.5 Å². The Bertz CT molecular complexity index is 1570. The van der Waals surface area contributed by atoms with Crippen LogP contribution in [-0.2, 0) is 22.4 Å². The van der Waals surface area contributed by atoms with E-state index in [1.807, 2.05) is 19.1 Å². The number of ether oxygens (including phenoxy) is 1. The number of fused-ring (bicyclic) bond motifs is 3. The number of rotatable bonds is 6. The van der Waals surface area contributed by atoms with Gasteiger partial charge in [0, 0.05) is 5.41 Å². The number of aliphatic hydroxyl groups excluding tert-OH is 2. The lowest BCUT2D eigenvalue weighted by Gasteiger charge is -2.66. The van der Waals surface area contributed by atoms with Crippen LogP contribution in [0, 0.1) is 34.5 Å². The smallest absolute Gasteiger partial charge is 0.230 e. The van der Waals surface area contributed by atoms with Crippen molar-refractivity contribution in [2.24, 2.45) is 40.2 Å². The molecule has 236 valence electrons. The van der Waals surface area contributed by atoms with Gasteiger partial charge in [0.2, 0.25) is 5.91 Å². The first kappa shape index (κ1) is 31.7. The molecule has 5 rings (SSSR count). The number of amides is 1. The second-order valence-electron chi connectivity index (χ2n) is 13.6. The highest BCUT2D eigenvalue weighted by atomic mass is 16.5. The number of phenols is 2. The van der Waals surface area contributed by atoms with Crippen LogP contribution in [-0.4, -0.2) is 67.9 Å². The second-order valence-corrected chi connectivity index (χ2v) is 13.6. The number of aromatic hydroxyl groups is 2. The molecule has 2 saturated carbocycles. The van der Waals surface area contributed by atoms with E-state index in [0.717, 1.165) is 5.56 Å². The van der Waals surface area contributed by atoms with Crippen LogP contribution >= 0.6 is 0 Å². The second kappa shape index (κ2) is 10.7. The maximum Gasteiger partial charge on any atom is 0.230 e. The first-order valence-electron chi connectivity index (χ1n) is 14.9. The van der Waals surface area contributed by atoms with Crippen LogP contribution in [0.1, 0.15) is 61.2 Å². The summed E-state index contributed by atoms with van der Waals surface area (Å²) >= 11 is 0. The van der Waals surface area contributed by atoms with Crippen molar-refractivity contribution < 1.29 is 44.7 Å². The zero-order valence-electron chi connectivity index (χ0n) is 25.6. The minimum absolute atomic E-state index is 0.0161. The summed E-state index contributed by atoms with van der Waals surface area (Å²) < 4.78 is 5.19. The largest absolute Gasteiger partial charge is 0.507 e. The molecule has 3 aliphatic rings. The number of hydrogen-bond donors (Lipinski definition) is 6. The van der Waals surface area contributed by atoms with Crippen molar-refractivity contribution in [3.8, 4) is 17.2 Å². The molecule has 0 spiro atoms. The van der Waals surface area contributed by atoms with Crippen LogP contribution in [0.5, 0.6) is 17.2 Å². The third kappa shape index (κ3) is 4.37. The van der Waals surface area contributed by atoms with Crippen LogP contribution in [0.3, 0.4) is 0 Å². The summed E-state index contributed by atoms with van der Waals surface area (Å²) in [5.74, 6) is -6.85. The Morgan fingerprint density at radius 3 is 2.39 bits per heavy atom. The van der Waals surface area contributed by atoms with E-state index in [9.17, 15) is 39.9 Å². The fourth-order valence-corrected chi connectivity index (χ4v) is 8.88. The zero-order valence-corrected chi connectivity index (χ0v) is 25.6. The number of nitrogens with two attached hydrogens (primary N) is 1. The first-order chi connectivity index (χ1) is 20.5. The molecule has 0 radical (unpaired) electrons. The number of aliphatic hydroxyl groups is 3. The van der Waals surface area contributed by atoms with Gasteiger partial charge in [0.05, 0.1) is 24.7 Å². The minimum atomic E-state index is -2.55. The van der Waals surface area contributed by atoms with Gasteiger partial charge < -0.3 is 36.0 Å². The number of allylic oxidation sites excluding steroid dienone is 1. The van der Waals surface area contributed by atoms with Gasteiger partial charge in [-0.05, 0) is 71.4 Å². The van der Waals surface area contributed by atoms with Crippen LogP contribution in [0.2, 0.25) is 0 Å². The van der Waals surface area contributed by atoms with Crippen molar-refractivity contribution in [1.29, 1.82) is 0 Å². The highest BCUT2D eigenvalue weighted by molar-refractivity contribution is 6.09. The lowest BCUT2D eigenvalue weighted by molar-refractivity contribution is -0.265. The molecule has 10 heteroatoms. The molecule has 2 unspecified atom stereocenters. The molecule has 2 aromatic carbocycles. The average molecular weight is 608 g/mol. The first-order valence-corrected chi connectivity index (χ1v) is 14.9. The molecule has 3 aliphatic carbocycles. The summed E-state index contributed by atoms with van der Waals surface area (Å²) in [6.45, 7) is 7.07. The molecule has 7 N–H and O–H groups in total. The molecule has 2 fully saturated rings. The molecule has 10 nitrogen and oxygen atoms in total. The Morgan fingerprint density at radius 1 is 1.11 bits per heavy atom. The molecule has 0 saturated heterocycles. The molecule has 44 heavy (non-hydrogen) atoms.